The number of esters is 1. The Bertz CT molecular complexity index is 1580. The maximum absolute atomic E-state index is 14.2. The van der Waals surface area contributed by atoms with Gasteiger partial charge in [0.1, 0.15) is 12.1 Å². The zero-order chi connectivity index (χ0) is 30.6. The molecule has 7 nitrogen and oxygen atoms in total. The average Bonchev–Trinajstić information content (AvgIpc) is 3.02. The van der Waals surface area contributed by atoms with Gasteiger partial charge in [-0.3, -0.25) is 4.79 Å². The van der Waals surface area contributed by atoms with Crippen LogP contribution >= 0.6 is 11.6 Å². The minimum absolute atomic E-state index is 0.341. The van der Waals surface area contributed by atoms with Crippen molar-refractivity contribution in [2.45, 2.75) is 6.23 Å². The van der Waals surface area contributed by atoms with E-state index in [0.717, 1.165) is 34.2 Å². The summed E-state index contributed by atoms with van der Waals surface area (Å²) in [6, 6.07) is 24.3. The monoisotopic (exact) mass is 587 g/mol. The van der Waals surface area contributed by atoms with Gasteiger partial charge in [0.25, 0.3) is 0 Å². The third-order valence-corrected chi connectivity index (χ3v) is 6.64. The Morgan fingerprint density at radius 2 is 1.71 bits per heavy atom. The van der Waals surface area contributed by atoms with Gasteiger partial charge in [-0.15, -0.1) is 0 Å². The van der Waals surface area contributed by atoms with E-state index in [4.69, 9.17) is 17.0 Å². The number of aldehydes is 1. The van der Waals surface area contributed by atoms with Crippen LogP contribution in [0, 0.1) is 11.2 Å². The highest BCUT2D eigenvalue weighted by Crippen LogP contribution is 2.33. The van der Waals surface area contributed by atoms with Crippen LogP contribution in [0.5, 0.6) is 0 Å². The first-order chi connectivity index (χ1) is 20.2. The number of rotatable bonds is 9. The van der Waals surface area contributed by atoms with E-state index in [1.54, 1.807) is 44.4 Å². The number of anilines is 2. The molecule has 3 N–H and O–H groups in total. The van der Waals surface area contributed by atoms with Crippen molar-refractivity contribution in [2.24, 2.45) is 0 Å². The summed E-state index contributed by atoms with van der Waals surface area (Å²) in [7, 11) is 4.67. The number of nitrogens with zero attached hydrogens (tertiary/aromatic N) is 1. The number of methoxy groups -OCH3 is 1. The van der Waals surface area contributed by atoms with E-state index in [0.29, 0.717) is 21.8 Å². The van der Waals surface area contributed by atoms with Crippen LogP contribution in [0.2, 0.25) is 5.02 Å². The van der Waals surface area contributed by atoms with Crippen molar-refractivity contribution < 1.29 is 23.8 Å². The van der Waals surface area contributed by atoms with Crippen LogP contribution < -0.4 is 10.2 Å². The highest BCUT2D eigenvalue weighted by molar-refractivity contribution is 6.31. The third-order valence-electron chi connectivity index (χ3n) is 6.32. The van der Waals surface area contributed by atoms with Gasteiger partial charge in [-0.2, -0.15) is 0 Å². The predicted octanol–water partition coefficient (Wildman–Crippen LogP) is 7.00. The molecule has 0 aromatic heterocycles. The van der Waals surface area contributed by atoms with E-state index in [-0.39, 0.29) is 0 Å². The second-order valence-electron chi connectivity index (χ2n) is 9.05. The van der Waals surface area contributed by atoms with Crippen molar-refractivity contribution in [2.75, 3.05) is 31.4 Å². The van der Waals surface area contributed by atoms with Crippen molar-refractivity contribution in [3.8, 4) is 11.1 Å². The lowest BCUT2D eigenvalue weighted by Gasteiger charge is -2.27. The van der Waals surface area contributed by atoms with Crippen LogP contribution in [0.1, 0.15) is 33.3 Å². The Morgan fingerprint density at radius 3 is 2.31 bits per heavy atom. The number of hydrogen-bond acceptors (Lipinski definition) is 7. The van der Waals surface area contributed by atoms with E-state index < -0.39 is 18.0 Å². The van der Waals surface area contributed by atoms with Crippen molar-refractivity contribution in [1.82, 2.24) is 0 Å². The van der Waals surface area contributed by atoms with Gasteiger partial charge in [0.2, 0.25) is 0 Å². The summed E-state index contributed by atoms with van der Waals surface area (Å²) < 4.78 is 18.7. The maximum atomic E-state index is 14.2. The summed E-state index contributed by atoms with van der Waals surface area (Å²) in [5.74, 6) is -1.08. The average molecular weight is 588 g/mol. The molecule has 0 aliphatic carbocycles. The van der Waals surface area contributed by atoms with Crippen molar-refractivity contribution in [1.29, 1.82) is 5.41 Å². The fourth-order valence-electron chi connectivity index (χ4n) is 4.02. The highest BCUT2D eigenvalue weighted by atomic mass is 35.5. The molecule has 4 aromatic rings. The van der Waals surface area contributed by atoms with Crippen LogP contribution in [0.25, 0.3) is 17.2 Å². The number of carbonyl (C=O) groups is 2. The summed E-state index contributed by atoms with van der Waals surface area (Å²) in [5, 5.41) is 22.0. The lowest BCUT2D eigenvalue weighted by atomic mass is 10.00. The van der Waals surface area contributed by atoms with Crippen molar-refractivity contribution in [3.05, 3.63) is 124 Å². The molecule has 0 aliphatic heterocycles. The fraction of sp³-hybridized carbons (Fsp3) is 0.121. The number of benzene rings is 4. The van der Waals surface area contributed by atoms with E-state index in [1.807, 2.05) is 42.5 Å². The predicted molar refractivity (Wildman–Crippen MR) is 167 cm³/mol. The van der Waals surface area contributed by atoms with Gasteiger partial charge in [0.05, 0.1) is 7.11 Å². The fourth-order valence-corrected chi connectivity index (χ4v) is 4.29. The van der Waals surface area contributed by atoms with Gasteiger partial charge in [0, 0.05) is 59.5 Å². The first kappa shape index (κ1) is 31.7. The first-order valence-electron chi connectivity index (χ1n) is 12.8. The molecule has 0 saturated heterocycles. The summed E-state index contributed by atoms with van der Waals surface area (Å²) in [4.78, 5) is 22.8. The maximum Gasteiger partial charge on any atom is 0.330 e. The molecule has 0 radical (unpaired) electrons. The number of hydrogen-bond donors (Lipinski definition) is 3. The van der Waals surface area contributed by atoms with Gasteiger partial charge in [-0.25, -0.2) is 9.18 Å². The molecule has 0 saturated carbocycles. The Morgan fingerprint density at radius 1 is 1.02 bits per heavy atom. The SMILES string of the molecule is CNc1ccc(-c2ccc(C(O)N(C)c3cc(F)cc(/C=C/C(=O)OC)c3)c(Cl)c2)cc1C=N.O=Cc1ccccc1. The normalized spacial score (nSPS) is 11.2. The largest absolute Gasteiger partial charge is 0.466 e. The van der Waals surface area contributed by atoms with Gasteiger partial charge < -0.3 is 25.5 Å². The molecule has 1 atom stereocenters. The minimum atomic E-state index is -1.15. The second kappa shape index (κ2) is 15.3. The van der Waals surface area contributed by atoms with Crippen LogP contribution in [0.15, 0.2) is 91.0 Å². The van der Waals surface area contributed by atoms with Crippen LogP contribution in [-0.4, -0.2) is 44.8 Å². The molecule has 0 spiro atoms. The molecule has 216 valence electrons. The topological polar surface area (TPSA) is 103 Å². The number of carbonyl (C=O) groups excluding carboxylic acids is 2. The second-order valence-corrected chi connectivity index (χ2v) is 9.45. The Kier molecular flexibility index (Phi) is 11.5. The molecule has 9 heteroatoms. The quantitative estimate of drug-likeness (QED) is 0.0641. The molecular weight excluding hydrogens is 557 g/mol. The van der Waals surface area contributed by atoms with Gasteiger partial charge in [0.15, 0.2) is 6.23 Å². The number of nitrogens with one attached hydrogen (secondary N) is 2. The van der Waals surface area contributed by atoms with E-state index in [9.17, 15) is 19.1 Å². The van der Waals surface area contributed by atoms with Crippen molar-refractivity contribution in [3.63, 3.8) is 0 Å². The Hall–Kier alpha value is -4.79. The molecular formula is C33H31ClFN3O4. The van der Waals surface area contributed by atoms with Gasteiger partial charge in [-0.05, 0) is 59.2 Å². The van der Waals surface area contributed by atoms with Crippen molar-refractivity contribution >= 4 is 47.5 Å². The Balaban J connectivity index is 0.000000521. The number of halogens is 2. The molecule has 4 aromatic carbocycles. The first-order valence-corrected chi connectivity index (χ1v) is 13.2. The molecule has 1 unspecified atom stereocenters. The zero-order valence-electron chi connectivity index (χ0n) is 23.3. The van der Waals surface area contributed by atoms with Crippen LogP contribution in [-0.2, 0) is 9.53 Å². The molecule has 0 bridgehead atoms. The lowest BCUT2D eigenvalue weighted by Crippen LogP contribution is -2.24. The summed E-state index contributed by atoms with van der Waals surface area (Å²) in [6.07, 6.45) is 3.59. The Labute approximate surface area is 249 Å². The van der Waals surface area contributed by atoms with E-state index >= 15 is 0 Å². The minimum Gasteiger partial charge on any atom is -0.466 e. The summed E-state index contributed by atoms with van der Waals surface area (Å²) in [5.41, 5.74) is 5.30. The molecule has 0 aliphatic rings. The highest BCUT2D eigenvalue weighted by Gasteiger charge is 2.19. The molecule has 0 amide bonds. The molecule has 0 fully saturated rings. The van der Waals surface area contributed by atoms with Gasteiger partial charge in [-0.1, -0.05) is 60.1 Å². The summed E-state index contributed by atoms with van der Waals surface area (Å²) >= 11 is 6.52. The summed E-state index contributed by atoms with van der Waals surface area (Å²) in [6.45, 7) is 0. The molecule has 0 heterocycles. The zero-order valence-corrected chi connectivity index (χ0v) is 24.1. The van der Waals surface area contributed by atoms with Crippen LogP contribution in [0.3, 0.4) is 0 Å². The lowest BCUT2D eigenvalue weighted by molar-refractivity contribution is -0.134. The molecule has 42 heavy (non-hydrogen) atoms. The smallest absolute Gasteiger partial charge is 0.330 e. The van der Waals surface area contributed by atoms with Gasteiger partial charge >= 0.3 is 5.97 Å². The standard InChI is InChI=1S/C26H25ClFN3O3.C7H6O/c1-30-24-8-6-17(12-19(24)15-29)18-5-7-22(23(27)13-18)26(33)31(2)21-11-16(10-20(28)14-21)4-9-25(32)34-3;8-6-7-4-2-1-3-5-7/h4-15,26,29-30,33H,1-3H3;1-6H/b9-4+,29-15?;. The van der Waals surface area contributed by atoms with Crippen LogP contribution in [0.4, 0.5) is 15.8 Å². The van der Waals surface area contributed by atoms with E-state index in [2.05, 4.69) is 10.1 Å². The number of aliphatic hydroxyl groups is 1. The number of aliphatic hydroxyl groups excluding tert-OH is 1. The number of ether oxygens (including phenoxy) is 1. The van der Waals surface area contributed by atoms with E-state index in [1.165, 1.54) is 42.5 Å². The third kappa shape index (κ3) is 8.36. The molecule has 4 rings (SSSR count).